The number of benzene rings is 1. The molecule has 1 aromatic rings. The SMILES string of the molecule is CC(=O)C(C(=O)[C@@H](C)NCc1ccccc1)C(O)=S. The van der Waals surface area contributed by atoms with E-state index in [1.54, 1.807) is 6.92 Å². The highest BCUT2D eigenvalue weighted by Gasteiger charge is 2.31. The van der Waals surface area contributed by atoms with Crippen LogP contribution in [0.5, 0.6) is 0 Å². The largest absolute Gasteiger partial charge is 0.501 e. The third-order valence-corrected chi connectivity index (χ3v) is 3.06. The zero-order valence-corrected chi connectivity index (χ0v) is 11.7. The van der Waals surface area contributed by atoms with Crippen molar-refractivity contribution in [2.24, 2.45) is 5.92 Å². The number of carbonyl (C=O) groups excluding carboxylic acids is 2. The molecule has 0 amide bonds. The first-order valence-corrected chi connectivity index (χ1v) is 6.38. The Bertz CT molecular complexity index is 459. The number of hydrogen-bond donors (Lipinski definition) is 2. The van der Waals surface area contributed by atoms with Gasteiger partial charge in [-0.1, -0.05) is 30.3 Å². The maximum absolute atomic E-state index is 12.0. The predicted octanol–water partition coefficient (Wildman–Crippen LogP) is 1.82. The molecule has 0 heterocycles. The van der Waals surface area contributed by atoms with Crippen molar-refractivity contribution in [2.45, 2.75) is 26.4 Å². The summed E-state index contributed by atoms with van der Waals surface area (Å²) in [7, 11) is 0. The Hall–Kier alpha value is -1.59. The van der Waals surface area contributed by atoms with Crippen LogP contribution in [0.4, 0.5) is 0 Å². The van der Waals surface area contributed by atoms with Crippen LogP contribution >= 0.6 is 12.2 Å². The van der Waals surface area contributed by atoms with Gasteiger partial charge in [-0.05, 0) is 31.6 Å². The van der Waals surface area contributed by atoms with Crippen LogP contribution in [0.1, 0.15) is 19.4 Å². The summed E-state index contributed by atoms with van der Waals surface area (Å²) < 4.78 is 0. The van der Waals surface area contributed by atoms with Crippen molar-refractivity contribution in [3.63, 3.8) is 0 Å². The lowest BCUT2D eigenvalue weighted by atomic mass is 9.96. The van der Waals surface area contributed by atoms with E-state index >= 15 is 0 Å². The summed E-state index contributed by atoms with van der Waals surface area (Å²) in [5.74, 6) is -2.06. The van der Waals surface area contributed by atoms with Gasteiger partial charge in [-0.25, -0.2) is 0 Å². The maximum atomic E-state index is 12.0. The topological polar surface area (TPSA) is 66.4 Å². The summed E-state index contributed by atoms with van der Waals surface area (Å²) in [4.78, 5) is 23.3. The number of rotatable bonds is 7. The molecule has 0 fully saturated rings. The van der Waals surface area contributed by atoms with Gasteiger partial charge in [0.25, 0.3) is 0 Å². The van der Waals surface area contributed by atoms with Crippen molar-refractivity contribution in [2.75, 3.05) is 0 Å². The minimum atomic E-state index is -1.21. The summed E-state index contributed by atoms with van der Waals surface area (Å²) in [5, 5.41) is 11.7. The van der Waals surface area contributed by atoms with E-state index in [-0.39, 0.29) is 0 Å². The van der Waals surface area contributed by atoms with Gasteiger partial charge in [0, 0.05) is 6.54 Å². The van der Waals surface area contributed by atoms with E-state index < -0.39 is 28.6 Å². The smallest absolute Gasteiger partial charge is 0.174 e. The number of carbonyl (C=O) groups is 2. The molecule has 0 aliphatic carbocycles. The van der Waals surface area contributed by atoms with Crippen molar-refractivity contribution < 1.29 is 14.7 Å². The molecular formula is C14H17NO3S. The maximum Gasteiger partial charge on any atom is 0.174 e. The van der Waals surface area contributed by atoms with Gasteiger partial charge < -0.3 is 10.4 Å². The first-order valence-electron chi connectivity index (χ1n) is 5.97. The molecule has 1 aromatic carbocycles. The number of nitrogens with one attached hydrogen (secondary N) is 1. The third-order valence-electron chi connectivity index (χ3n) is 2.82. The summed E-state index contributed by atoms with van der Waals surface area (Å²) in [6.45, 7) is 3.41. The quantitative estimate of drug-likeness (QED) is 0.589. The van der Waals surface area contributed by atoms with Gasteiger partial charge in [-0.2, -0.15) is 0 Å². The van der Waals surface area contributed by atoms with Gasteiger partial charge in [-0.15, -0.1) is 0 Å². The Morgan fingerprint density at radius 2 is 1.89 bits per heavy atom. The lowest BCUT2D eigenvalue weighted by molar-refractivity contribution is -0.130. The molecule has 0 saturated carbocycles. The molecule has 0 spiro atoms. The van der Waals surface area contributed by atoms with Crippen LogP contribution in [0.15, 0.2) is 30.3 Å². The summed E-state index contributed by atoms with van der Waals surface area (Å²) in [6, 6.07) is 9.04. The van der Waals surface area contributed by atoms with Gasteiger partial charge in [0.15, 0.2) is 10.8 Å². The first-order chi connectivity index (χ1) is 8.93. The molecule has 102 valence electrons. The minimum Gasteiger partial charge on any atom is -0.501 e. The van der Waals surface area contributed by atoms with Crippen LogP contribution in [0.3, 0.4) is 0 Å². The molecular weight excluding hydrogens is 262 g/mol. The van der Waals surface area contributed by atoms with Crippen LogP contribution < -0.4 is 5.32 Å². The number of aliphatic hydroxyl groups is 1. The van der Waals surface area contributed by atoms with Crippen molar-refractivity contribution >= 4 is 28.8 Å². The van der Waals surface area contributed by atoms with Crippen molar-refractivity contribution in [3.05, 3.63) is 35.9 Å². The molecule has 0 aromatic heterocycles. The second-order valence-electron chi connectivity index (χ2n) is 4.37. The normalized spacial score (nSPS) is 13.6. The lowest BCUT2D eigenvalue weighted by Gasteiger charge is -2.17. The van der Waals surface area contributed by atoms with Gasteiger partial charge in [0.05, 0.1) is 6.04 Å². The fourth-order valence-corrected chi connectivity index (χ4v) is 2.00. The number of ketones is 2. The third kappa shape index (κ3) is 4.54. The molecule has 0 aliphatic heterocycles. The van der Waals surface area contributed by atoms with E-state index in [4.69, 9.17) is 0 Å². The number of hydrogen-bond acceptors (Lipinski definition) is 4. The zero-order chi connectivity index (χ0) is 14.4. The van der Waals surface area contributed by atoms with Gasteiger partial charge in [0.2, 0.25) is 0 Å². The second-order valence-corrected chi connectivity index (χ2v) is 4.79. The Kier molecular flexibility index (Phi) is 5.79. The van der Waals surface area contributed by atoms with E-state index in [2.05, 4.69) is 17.5 Å². The number of Topliss-reactive ketones (excluding diaryl/α,β-unsaturated/α-hetero) is 2. The van der Waals surface area contributed by atoms with Crippen molar-refractivity contribution in [3.8, 4) is 0 Å². The van der Waals surface area contributed by atoms with Gasteiger partial charge >= 0.3 is 0 Å². The van der Waals surface area contributed by atoms with Gasteiger partial charge in [0.1, 0.15) is 11.7 Å². The Balaban J connectivity index is 2.62. The predicted molar refractivity (Wildman–Crippen MR) is 77.1 cm³/mol. The Labute approximate surface area is 117 Å². The molecule has 2 N–H and O–H groups in total. The minimum absolute atomic E-state index is 0.407. The lowest BCUT2D eigenvalue weighted by Crippen LogP contribution is -2.42. The van der Waals surface area contributed by atoms with Crippen LogP contribution in [0.2, 0.25) is 0 Å². The molecule has 1 rings (SSSR count). The van der Waals surface area contributed by atoms with Crippen molar-refractivity contribution in [1.82, 2.24) is 5.32 Å². The fourth-order valence-electron chi connectivity index (χ4n) is 1.71. The summed E-state index contributed by atoms with van der Waals surface area (Å²) >= 11 is 4.55. The van der Waals surface area contributed by atoms with Crippen molar-refractivity contribution in [1.29, 1.82) is 0 Å². The van der Waals surface area contributed by atoms with E-state index in [9.17, 15) is 14.7 Å². The molecule has 0 radical (unpaired) electrons. The first kappa shape index (κ1) is 15.5. The van der Waals surface area contributed by atoms with E-state index in [1.165, 1.54) is 6.92 Å². The molecule has 19 heavy (non-hydrogen) atoms. The van der Waals surface area contributed by atoms with Crippen LogP contribution in [-0.4, -0.2) is 27.8 Å². The molecule has 1 unspecified atom stereocenters. The average Bonchev–Trinajstić information content (AvgIpc) is 2.36. The van der Waals surface area contributed by atoms with Gasteiger partial charge in [-0.3, -0.25) is 9.59 Å². The van der Waals surface area contributed by atoms with Crippen LogP contribution in [-0.2, 0) is 16.1 Å². The monoisotopic (exact) mass is 279 g/mol. The highest BCUT2D eigenvalue weighted by Crippen LogP contribution is 2.07. The Morgan fingerprint density at radius 3 is 2.37 bits per heavy atom. The second kappa shape index (κ2) is 7.11. The number of aliphatic hydroxyl groups excluding tert-OH is 1. The number of thiocarbonyl (C=S) groups is 1. The van der Waals surface area contributed by atoms with Crippen LogP contribution in [0, 0.1) is 5.92 Å². The fraction of sp³-hybridized carbons (Fsp3) is 0.357. The summed E-state index contributed by atoms with van der Waals surface area (Å²) in [5.41, 5.74) is 1.04. The van der Waals surface area contributed by atoms with E-state index in [0.717, 1.165) is 5.56 Å². The molecule has 0 saturated heterocycles. The average molecular weight is 279 g/mol. The van der Waals surface area contributed by atoms with Crippen LogP contribution in [0.25, 0.3) is 0 Å². The van der Waals surface area contributed by atoms with E-state index in [1.807, 2.05) is 30.3 Å². The molecule has 0 bridgehead atoms. The standard InChI is InChI=1S/C14H17NO3S/c1-9(13(17)12(10(2)16)14(18)19)15-8-11-6-4-3-5-7-11/h3-7,9,12,15H,8H2,1-2H3,(H,18,19)/t9-,12?/m1/s1. The zero-order valence-electron chi connectivity index (χ0n) is 10.9. The molecule has 4 nitrogen and oxygen atoms in total. The highest BCUT2D eigenvalue weighted by atomic mass is 32.1. The summed E-state index contributed by atoms with van der Waals surface area (Å²) in [6.07, 6.45) is 0. The highest BCUT2D eigenvalue weighted by molar-refractivity contribution is 7.80. The molecule has 5 heteroatoms. The molecule has 2 atom stereocenters. The Morgan fingerprint density at radius 1 is 1.32 bits per heavy atom. The molecule has 0 aliphatic rings. The van der Waals surface area contributed by atoms with E-state index in [0.29, 0.717) is 6.54 Å².